The fraction of sp³-hybridized carbons (Fsp3) is 0.966. The molecule has 45 nitrogen and oxygen atoms in total. The second-order valence-electron chi connectivity index (χ2n) is 26.6. The summed E-state index contributed by atoms with van der Waals surface area (Å²) in [5, 5.41) is 270. The Morgan fingerprint density at radius 1 is 0.252 bits per heavy atom. The van der Waals surface area contributed by atoms with Gasteiger partial charge in [-0.15, -0.1) is 0 Å². The van der Waals surface area contributed by atoms with Crippen LogP contribution in [0.1, 0.15) is 34.6 Å². The second-order valence-corrected chi connectivity index (χ2v) is 26.6. The van der Waals surface area contributed by atoms with Crippen LogP contribution >= 0.6 is 0 Å². The standard InChI is InChI=1S/C58H98N2O43/c1-12-25(69)31(75)35(79)53(87-12)96-42-21(10-65)94-52(24(60-16(5)68)46(42)100-56-38(82)34(78)28(72)17(6-61)91-56)101-47-29(73)18(7-62)92-57(40(47)84)97-43-22(11-66)95-51(23(59-15(4)67)45(43)99-54-36(80)32(76)26(70)13(2)88-54)102-48-30(74)19(8-63)93-58(41(48)85)98-44-20(9-64)90-50(86)39(83)49(44)103-55-37(81)33(77)27(71)14(3)89-55/h12-14,17-58,61-66,69-86H,6-11H2,1-5H3,(H,59,67)(H,60,68)/t12-,13-,14-,17+,18+,19+,20+,21+,22+,23+,24+,25+,26+,27+,28-,29-,30-,31+,32+,33+,34-,35-,36-,37-,38+,39+,40+,41+,42+,43+,44+,45+,46-,47-,48-,49+,50?,51-,52-,53-,54-,55-,56-,57-,58-/m0/s1. The van der Waals surface area contributed by atoms with Crippen molar-refractivity contribution in [2.24, 2.45) is 0 Å². The lowest BCUT2D eigenvalue weighted by molar-refractivity contribution is -0.402. The maximum absolute atomic E-state index is 13.5. The Balaban J connectivity index is 1.04. The lowest BCUT2D eigenvalue weighted by Gasteiger charge is -2.52. The first-order chi connectivity index (χ1) is 48.6. The van der Waals surface area contributed by atoms with Crippen molar-refractivity contribution in [1.29, 1.82) is 0 Å². The van der Waals surface area contributed by atoms with Gasteiger partial charge in [-0.2, -0.15) is 0 Å². The van der Waals surface area contributed by atoms with Crippen molar-refractivity contribution < 1.29 is 213 Å². The van der Waals surface area contributed by atoms with Gasteiger partial charge in [0, 0.05) is 13.8 Å². The monoisotopic (exact) mass is 1510 g/mol. The second kappa shape index (κ2) is 36.0. The van der Waals surface area contributed by atoms with Gasteiger partial charge < -0.3 is 214 Å². The summed E-state index contributed by atoms with van der Waals surface area (Å²) in [5.74, 6) is -1.96. The summed E-state index contributed by atoms with van der Waals surface area (Å²) in [6.07, 6.45) is -85.9. The molecule has 9 rings (SSSR count). The van der Waals surface area contributed by atoms with Gasteiger partial charge >= 0.3 is 0 Å². The highest BCUT2D eigenvalue weighted by Gasteiger charge is 2.62. The Bertz CT molecular complexity index is 2660. The highest BCUT2D eigenvalue weighted by atomic mass is 16.8. The van der Waals surface area contributed by atoms with Gasteiger partial charge in [0.2, 0.25) is 11.8 Å². The van der Waals surface area contributed by atoms with E-state index in [1.54, 1.807) is 0 Å². The molecular weight excluding hydrogens is 1410 g/mol. The lowest BCUT2D eigenvalue weighted by atomic mass is 9.93. The van der Waals surface area contributed by atoms with Crippen LogP contribution in [0.2, 0.25) is 0 Å². The number of amides is 2. The third-order valence-corrected chi connectivity index (χ3v) is 19.5. The summed E-state index contributed by atoms with van der Waals surface area (Å²) in [4.78, 5) is 26.8. The molecule has 0 saturated carbocycles. The lowest BCUT2D eigenvalue weighted by Crippen LogP contribution is -2.72. The Morgan fingerprint density at radius 2 is 0.495 bits per heavy atom. The molecular formula is C58H98N2O43. The first-order valence-electron chi connectivity index (χ1n) is 33.2. The number of ether oxygens (including phenoxy) is 17. The summed E-state index contributed by atoms with van der Waals surface area (Å²) in [6.45, 7) is -1.10. The zero-order valence-corrected chi connectivity index (χ0v) is 55.7. The minimum atomic E-state index is -2.47. The molecule has 45 heteroatoms. The molecule has 9 aliphatic rings. The number of aliphatic hydroxyl groups excluding tert-OH is 24. The van der Waals surface area contributed by atoms with Crippen LogP contribution in [0.15, 0.2) is 0 Å². The number of hydrogen-bond acceptors (Lipinski definition) is 43. The predicted molar refractivity (Wildman–Crippen MR) is 316 cm³/mol. The number of hydrogen-bond donors (Lipinski definition) is 26. The van der Waals surface area contributed by atoms with Crippen LogP contribution in [-0.2, 0) is 90.1 Å². The first kappa shape index (κ1) is 84.3. The fourth-order valence-corrected chi connectivity index (χ4v) is 13.6. The highest BCUT2D eigenvalue weighted by molar-refractivity contribution is 5.73. The third-order valence-electron chi connectivity index (χ3n) is 19.5. The molecule has 9 heterocycles. The van der Waals surface area contributed by atoms with Crippen molar-refractivity contribution in [3.63, 3.8) is 0 Å². The van der Waals surface area contributed by atoms with E-state index in [0.29, 0.717) is 0 Å². The molecule has 103 heavy (non-hydrogen) atoms. The Kier molecular flexibility index (Phi) is 29.5. The van der Waals surface area contributed by atoms with Gasteiger partial charge in [-0.25, -0.2) is 0 Å². The van der Waals surface area contributed by atoms with Crippen molar-refractivity contribution in [2.75, 3.05) is 39.6 Å². The molecule has 0 aromatic carbocycles. The molecule has 9 saturated heterocycles. The van der Waals surface area contributed by atoms with Gasteiger partial charge in [-0.1, -0.05) is 0 Å². The van der Waals surface area contributed by atoms with Gasteiger partial charge in [0.25, 0.3) is 0 Å². The van der Waals surface area contributed by atoms with Gasteiger partial charge in [0.1, 0.15) is 201 Å². The fourth-order valence-electron chi connectivity index (χ4n) is 13.6. The van der Waals surface area contributed by atoms with Crippen LogP contribution < -0.4 is 10.6 Å². The molecule has 0 bridgehead atoms. The summed E-state index contributed by atoms with van der Waals surface area (Å²) in [7, 11) is 0. The smallest absolute Gasteiger partial charge is 0.217 e. The number of carbonyl (C=O) groups is 2. The Hall–Kier alpha value is -2.70. The van der Waals surface area contributed by atoms with E-state index in [9.17, 15) is 132 Å². The normalized spacial score (nSPS) is 52.3. The maximum Gasteiger partial charge on any atom is 0.217 e. The van der Waals surface area contributed by atoms with Crippen LogP contribution in [0, 0.1) is 0 Å². The minimum absolute atomic E-state index is 0.928. The molecule has 0 aliphatic carbocycles. The molecule has 0 radical (unpaired) electrons. The highest BCUT2D eigenvalue weighted by Crippen LogP contribution is 2.41. The summed E-state index contributed by atoms with van der Waals surface area (Å²) < 4.78 is 101. The summed E-state index contributed by atoms with van der Waals surface area (Å²) in [6, 6.07) is -3.99. The molecule has 2 amide bonds. The van der Waals surface area contributed by atoms with Crippen LogP contribution in [0.25, 0.3) is 0 Å². The largest absolute Gasteiger partial charge is 0.394 e. The van der Waals surface area contributed by atoms with E-state index in [0.717, 1.165) is 13.8 Å². The quantitative estimate of drug-likeness (QED) is 0.0427. The van der Waals surface area contributed by atoms with Crippen LogP contribution in [0.3, 0.4) is 0 Å². The van der Waals surface area contributed by atoms with Crippen molar-refractivity contribution in [3.8, 4) is 0 Å². The van der Waals surface area contributed by atoms with Crippen LogP contribution in [-0.4, -0.2) is 450 Å². The Labute approximate surface area is 584 Å². The predicted octanol–water partition coefficient (Wildman–Crippen LogP) is -17.3. The molecule has 598 valence electrons. The van der Waals surface area contributed by atoms with Gasteiger partial charge in [0.05, 0.1) is 58.0 Å². The van der Waals surface area contributed by atoms with Gasteiger partial charge in [0.15, 0.2) is 56.6 Å². The van der Waals surface area contributed by atoms with E-state index in [1.165, 1.54) is 20.8 Å². The van der Waals surface area contributed by atoms with Gasteiger partial charge in [-0.05, 0) is 20.8 Å². The molecule has 45 atom stereocenters. The van der Waals surface area contributed by atoms with E-state index in [2.05, 4.69) is 10.6 Å². The zero-order valence-electron chi connectivity index (χ0n) is 55.7. The number of aliphatic hydroxyl groups is 24. The molecule has 9 fully saturated rings. The van der Waals surface area contributed by atoms with E-state index < -0.39 is 328 Å². The maximum atomic E-state index is 13.5. The van der Waals surface area contributed by atoms with Gasteiger partial charge in [-0.3, -0.25) is 9.59 Å². The minimum Gasteiger partial charge on any atom is -0.394 e. The van der Waals surface area contributed by atoms with Crippen molar-refractivity contribution in [3.05, 3.63) is 0 Å². The van der Waals surface area contributed by atoms with E-state index in [4.69, 9.17) is 80.5 Å². The molecule has 0 aromatic rings. The van der Waals surface area contributed by atoms with Crippen molar-refractivity contribution in [2.45, 2.75) is 311 Å². The van der Waals surface area contributed by atoms with E-state index in [1.807, 2.05) is 0 Å². The number of carbonyl (C=O) groups excluding carboxylic acids is 2. The number of rotatable bonds is 24. The third kappa shape index (κ3) is 17.9. The zero-order chi connectivity index (χ0) is 75.8. The Morgan fingerprint density at radius 3 is 0.816 bits per heavy atom. The summed E-state index contributed by atoms with van der Waals surface area (Å²) >= 11 is 0. The average molecular weight is 1510 g/mol. The van der Waals surface area contributed by atoms with Crippen molar-refractivity contribution in [1.82, 2.24) is 10.6 Å². The molecule has 1 unspecified atom stereocenters. The van der Waals surface area contributed by atoms with Crippen LogP contribution in [0.5, 0.6) is 0 Å². The number of nitrogens with one attached hydrogen (secondary N) is 2. The average Bonchev–Trinajstić information content (AvgIpc) is 0.762. The molecule has 0 spiro atoms. The van der Waals surface area contributed by atoms with Crippen LogP contribution in [0.4, 0.5) is 0 Å². The van der Waals surface area contributed by atoms with Crippen molar-refractivity contribution >= 4 is 11.8 Å². The SMILES string of the molecule is CC(=O)N[C@H]1[C@H](O[C@H]2[C@@H](O)[C@@H](CO)O[C@@H](O[C@H]3[C@H](O[C@@H]4O[C@@H](C)[C@@H](O)[C@@H](O)[C@@H]4O)[C@@H](O)C(O)O[C@@H]3CO)[C@@H]2O)O[C@H](CO)[C@@H](O[C@@H]2O[C@H](CO)[C@H](O)[C@H](O[C@@H]3O[C@H](CO)[C@@H](O[C@@H]4O[C@@H](C)[C@@H](O)[C@@H](O)[C@@H]4O)[C@@H](O[C@@H]4O[C@H](CO)[C@H](O)[C@H](O)[C@H]4O)[C@H]3NC(C)=O)[C@H]2O)[C@@H]1O[C@@H]1O[C@@H](C)[C@@H](O)[C@@H](O)[C@@H]1O. The molecule has 9 aliphatic heterocycles. The molecule has 26 N–H and O–H groups in total. The van der Waals surface area contributed by atoms with E-state index in [-0.39, 0.29) is 0 Å². The topological polar surface area (TPSA) is 701 Å². The van der Waals surface area contributed by atoms with E-state index >= 15 is 0 Å². The summed E-state index contributed by atoms with van der Waals surface area (Å²) in [5.41, 5.74) is 0. The first-order valence-corrected chi connectivity index (χ1v) is 33.2. The molecule has 0 aromatic heterocycles.